The molecule has 0 amide bonds. The average molecular weight is 268 g/mol. The van der Waals surface area contributed by atoms with Gasteiger partial charge >= 0.3 is 0 Å². The Morgan fingerprint density at radius 2 is 2.16 bits per heavy atom. The summed E-state index contributed by atoms with van der Waals surface area (Å²) in [4.78, 5) is 9.89. The highest BCUT2D eigenvalue weighted by Gasteiger charge is 2.31. The fourth-order valence-electron chi connectivity index (χ4n) is 2.15. The molecule has 1 aromatic rings. The van der Waals surface area contributed by atoms with Crippen molar-refractivity contribution in [2.45, 2.75) is 18.4 Å². The monoisotopic (exact) mass is 268 g/mol. The molecule has 0 bridgehead atoms. The maximum Gasteiger partial charge on any atom is 0.223 e. The van der Waals surface area contributed by atoms with Crippen LogP contribution in [0.4, 0.5) is 17.6 Å². The van der Waals surface area contributed by atoms with E-state index in [2.05, 4.69) is 15.4 Å². The van der Waals surface area contributed by atoms with Crippen molar-refractivity contribution in [1.29, 1.82) is 0 Å². The van der Waals surface area contributed by atoms with Crippen LogP contribution < -0.4 is 21.9 Å². The highest BCUT2D eigenvalue weighted by atomic mass is 16.5. The standard InChI is InChI=1S/C11H20N6O2/c1-17(7-11(18)2-4-19-5-3-11)9-6-8(16-13)14-10(12)15-9/h6,18H,2-5,7,13H2,1H3,(H3,12,14,15,16). The number of nitrogen functional groups attached to an aromatic ring is 2. The summed E-state index contributed by atoms with van der Waals surface area (Å²) in [5, 5.41) is 10.5. The molecule has 1 fully saturated rings. The minimum atomic E-state index is -0.761. The van der Waals surface area contributed by atoms with Gasteiger partial charge in [0.05, 0.1) is 5.60 Å². The van der Waals surface area contributed by atoms with E-state index >= 15 is 0 Å². The van der Waals surface area contributed by atoms with Crippen LogP contribution in [0.5, 0.6) is 0 Å². The molecule has 0 unspecified atom stereocenters. The molecule has 1 aliphatic heterocycles. The highest BCUT2D eigenvalue weighted by molar-refractivity contribution is 5.51. The van der Waals surface area contributed by atoms with Crippen LogP contribution in [0.3, 0.4) is 0 Å². The molecule has 1 aliphatic rings. The SMILES string of the molecule is CN(CC1(O)CCOCC1)c1cc(NN)nc(N)n1. The number of nitrogens with two attached hydrogens (primary N) is 2. The molecule has 0 atom stereocenters. The minimum absolute atomic E-state index is 0.135. The lowest BCUT2D eigenvalue weighted by Gasteiger charge is -2.35. The molecule has 2 rings (SSSR count). The maximum atomic E-state index is 10.5. The number of hydrazine groups is 1. The van der Waals surface area contributed by atoms with Gasteiger partial charge in [-0.25, -0.2) is 5.84 Å². The van der Waals surface area contributed by atoms with Crippen molar-refractivity contribution < 1.29 is 9.84 Å². The second-order valence-electron chi connectivity index (χ2n) is 4.81. The smallest absolute Gasteiger partial charge is 0.223 e. The lowest BCUT2D eigenvalue weighted by molar-refractivity contribution is -0.0573. The lowest BCUT2D eigenvalue weighted by Crippen LogP contribution is -2.46. The number of anilines is 3. The first-order chi connectivity index (χ1) is 9.02. The molecule has 8 heteroatoms. The Hall–Kier alpha value is -1.64. The fraction of sp³-hybridized carbons (Fsp3) is 0.636. The molecule has 0 aromatic carbocycles. The van der Waals surface area contributed by atoms with Gasteiger partial charge in [0.1, 0.15) is 11.6 Å². The summed E-state index contributed by atoms with van der Waals surface area (Å²) in [5.41, 5.74) is 7.29. The number of nitrogens with one attached hydrogen (secondary N) is 1. The zero-order valence-corrected chi connectivity index (χ0v) is 11.0. The molecule has 0 saturated carbocycles. The average Bonchev–Trinajstić information content (AvgIpc) is 2.38. The Labute approximate surface area is 111 Å². The Kier molecular flexibility index (Phi) is 4.03. The summed E-state index contributed by atoms with van der Waals surface area (Å²) >= 11 is 0. The number of nitrogens with zero attached hydrogens (tertiary/aromatic N) is 3. The molecular formula is C11H20N6O2. The third-order valence-electron chi connectivity index (χ3n) is 3.22. The molecule has 6 N–H and O–H groups in total. The predicted octanol–water partition coefficient (Wildman–Crippen LogP) is -0.678. The van der Waals surface area contributed by atoms with Gasteiger partial charge in [0.15, 0.2) is 0 Å². The Morgan fingerprint density at radius 1 is 1.47 bits per heavy atom. The molecule has 19 heavy (non-hydrogen) atoms. The van der Waals surface area contributed by atoms with Crippen molar-refractivity contribution in [3.63, 3.8) is 0 Å². The van der Waals surface area contributed by atoms with Gasteiger partial charge in [-0.05, 0) is 0 Å². The summed E-state index contributed by atoms with van der Waals surface area (Å²) in [6.07, 6.45) is 1.22. The van der Waals surface area contributed by atoms with E-state index in [9.17, 15) is 5.11 Å². The summed E-state index contributed by atoms with van der Waals surface area (Å²) < 4.78 is 5.26. The zero-order valence-electron chi connectivity index (χ0n) is 11.0. The fourth-order valence-corrected chi connectivity index (χ4v) is 2.15. The van der Waals surface area contributed by atoms with Crippen LogP contribution in [0.1, 0.15) is 12.8 Å². The van der Waals surface area contributed by atoms with Gasteiger partial charge in [0, 0.05) is 45.7 Å². The Bertz CT molecular complexity index is 435. The number of likely N-dealkylation sites (N-methyl/N-ethyl adjacent to an activating group) is 1. The first kappa shape index (κ1) is 13.8. The molecular weight excluding hydrogens is 248 g/mol. The maximum absolute atomic E-state index is 10.5. The number of ether oxygens (including phenoxy) is 1. The molecule has 1 aromatic heterocycles. The van der Waals surface area contributed by atoms with Gasteiger partial charge in [-0.15, -0.1) is 0 Å². The van der Waals surface area contributed by atoms with Crippen molar-refractivity contribution in [2.24, 2.45) is 5.84 Å². The van der Waals surface area contributed by atoms with Crippen LogP contribution in [-0.2, 0) is 4.74 Å². The predicted molar refractivity (Wildman–Crippen MR) is 72.5 cm³/mol. The number of hydrogen-bond acceptors (Lipinski definition) is 8. The third-order valence-corrected chi connectivity index (χ3v) is 3.22. The molecule has 2 heterocycles. The van der Waals surface area contributed by atoms with Gasteiger partial charge in [-0.2, -0.15) is 9.97 Å². The van der Waals surface area contributed by atoms with Gasteiger partial charge in [-0.3, -0.25) is 0 Å². The van der Waals surface area contributed by atoms with Gasteiger partial charge in [0.25, 0.3) is 0 Å². The van der Waals surface area contributed by atoms with E-state index < -0.39 is 5.60 Å². The summed E-state index contributed by atoms with van der Waals surface area (Å²) in [6, 6.07) is 1.68. The van der Waals surface area contributed by atoms with Crippen LogP contribution in [0.25, 0.3) is 0 Å². The van der Waals surface area contributed by atoms with Crippen LogP contribution in [0, 0.1) is 0 Å². The summed E-state index contributed by atoms with van der Waals surface area (Å²) in [5.74, 6) is 6.50. The molecule has 106 valence electrons. The molecule has 0 radical (unpaired) electrons. The van der Waals surface area contributed by atoms with Crippen molar-refractivity contribution in [2.75, 3.05) is 42.9 Å². The van der Waals surface area contributed by atoms with Crippen molar-refractivity contribution in [3.05, 3.63) is 6.07 Å². The van der Waals surface area contributed by atoms with Crippen LogP contribution >= 0.6 is 0 Å². The van der Waals surface area contributed by atoms with Crippen molar-refractivity contribution >= 4 is 17.6 Å². The largest absolute Gasteiger partial charge is 0.388 e. The van der Waals surface area contributed by atoms with Crippen molar-refractivity contribution in [3.8, 4) is 0 Å². The lowest BCUT2D eigenvalue weighted by atomic mass is 9.94. The van der Waals surface area contributed by atoms with E-state index in [1.807, 2.05) is 11.9 Å². The molecule has 8 nitrogen and oxygen atoms in total. The quantitative estimate of drug-likeness (QED) is 0.418. The van der Waals surface area contributed by atoms with Gasteiger partial charge in [-0.1, -0.05) is 0 Å². The molecule has 1 saturated heterocycles. The van der Waals surface area contributed by atoms with E-state index in [0.717, 1.165) is 0 Å². The minimum Gasteiger partial charge on any atom is -0.388 e. The zero-order chi connectivity index (χ0) is 13.9. The number of aliphatic hydroxyl groups is 1. The second-order valence-corrected chi connectivity index (χ2v) is 4.81. The Balaban J connectivity index is 2.10. The van der Waals surface area contributed by atoms with Crippen LogP contribution in [0.15, 0.2) is 6.07 Å². The van der Waals surface area contributed by atoms with E-state index in [1.165, 1.54) is 0 Å². The van der Waals surface area contributed by atoms with Gasteiger partial charge < -0.3 is 25.9 Å². The first-order valence-corrected chi connectivity index (χ1v) is 6.15. The van der Waals surface area contributed by atoms with Crippen LogP contribution in [0.2, 0.25) is 0 Å². The Morgan fingerprint density at radius 3 is 2.79 bits per heavy atom. The topological polar surface area (TPSA) is 123 Å². The number of rotatable bonds is 4. The summed E-state index contributed by atoms with van der Waals surface area (Å²) in [7, 11) is 1.84. The van der Waals surface area contributed by atoms with E-state index in [0.29, 0.717) is 44.2 Å². The number of aromatic nitrogens is 2. The molecule has 0 spiro atoms. The normalized spacial score (nSPS) is 18.1. The molecule has 0 aliphatic carbocycles. The second kappa shape index (κ2) is 5.55. The van der Waals surface area contributed by atoms with E-state index in [1.54, 1.807) is 6.07 Å². The highest BCUT2D eigenvalue weighted by Crippen LogP contribution is 2.24. The van der Waals surface area contributed by atoms with Gasteiger partial charge in [0.2, 0.25) is 5.95 Å². The van der Waals surface area contributed by atoms with E-state index in [-0.39, 0.29) is 5.95 Å². The van der Waals surface area contributed by atoms with Crippen molar-refractivity contribution in [1.82, 2.24) is 9.97 Å². The summed E-state index contributed by atoms with van der Waals surface area (Å²) in [6.45, 7) is 1.61. The third kappa shape index (κ3) is 3.43. The first-order valence-electron chi connectivity index (χ1n) is 6.15. The van der Waals surface area contributed by atoms with E-state index in [4.69, 9.17) is 16.3 Å². The number of hydrogen-bond donors (Lipinski definition) is 4. The van der Waals surface area contributed by atoms with Crippen LogP contribution in [-0.4, -0.2) is 47.5 Å².